The predicted molar refractivity (Wildman–Crippen MR) is 71.2 cm³/mol. The number of allylic oxidation sites excluding steroid dienone is 1. The first-order valence-electron chi connectivity index (χ1n) is 7.29. The van der Waals surface area contributed by atoms with Crippen LogP contribution in [0.5, 0.6) is 0 Å². The highest BCUT2D eigenvalue weighted by Crippen LogP contribution is 2.70. The summed E-state index contributed by atoms with van der Waals surface area (Å²) in [6, 6.07) is 0. The molecule has 3 rings (SSSR count). The maximum atomic E-state index is 11.1. The molecule has 0 aromatic heterocycles. The monoisotopic (exact) mass is 248 g/mol. The maximum Gasteiger partial charge on any atom is 0.303 e. The Hall–Kier alpha value is -0.790. The Morgan fingerprint density at radius 3 is 2.78 bits per heavy atom. The van der Waals surface area contributed by atoms with Crippen molar-refractivity contribution in [1.82, 2.24) is 0 Å². The predicted octanol–water partition coefficient (Wildman–Crippen LogP) is 3.87. The van der Waals surface area contributed by atoms with Crippen molar-refractivity contribution in [3.63, 3.8) is 0 Å². The highest BCUT2D eigenvalue weighted by Gasteiger charge is 2.61. The summed E-state index contributed by atoms with van der Waals surface area (Å²) in [6.45, 7) is 9.11. The molecule has 1 spiro atoms. The summed E-state index contributed by atoms with van der Waals surface area (Å²) < 4.78 is 0. The Balaban J connectivity index is 1.95. The molecule has 2 nitrogen and oxygen atoms in total. The lowest BCUT2D eigenvalue weighted by Crippen LogP contribution is -2.41. The van der Waals surface area contributed by atoms with E-state index in [0.29, 0.717) is 23.7 Å². The van der Waals surface area contributed by atoms with Gasteiger partial charge in [0.15, 0.2) is 0 Å². The summed E-state index contributed by atoms with van der Waals surface area (Å²) in [7, 11) is 0. The van der Waals surface area contributed by atoms with Crippen LogP contribution in [-0.2, 0) is 4.79 Å². The molecule has 3 aliphatic rings. The molecular weight excluding hydrogens is 224 g/mol. The third-order valence-electron chi connectivity index (χ3n) is 6.59. The Bertz CT molecular complexity index is 409. The molecule has 0 aromatic carbocycles. The van der Waals surface area contributed by atoms with Gasteiger partial charge < -0.3 is 5.11 Å². The number of carboxylic acids is 1. The highest BCUT2D eigenvalue weighted by atomic mass is 16.4. The molecule has 2 bridgehead atoms. The molecule has 2 heteroatoms. The fourth-order valence-corrected chi connectivity index (χ4v) is 5.38. The number of hydrogen-bond acceptors (Lipinski definition) is 1. The molecule has 1 N–H and O–H groups in total. The van der Waals surface area contributed by atoms with Crippen LogP contribution in [0.25, 0.3) is 0 Å². The molecule has 3 saturated carbocycles. The highest BCUT2D eigenvalue weighted by molar-refractivity contribution is 5.67. The van der Waals surface area contributed by atoms with Gasteiger partial charge in [-0.2, -0.15) is 0 Å². The minimum atomic E-state index is -0.617. The molecule has 4 atom stereocenters. The summed E-state index contributed by atoms with van der Waals surface area (Å²) in [5.41, 5.74) is 1.99. The summed E-state index contributed by atoms with van der Waals surface area (Å²) in [5.74, 6) is 1.11. The Labute approximate surface area is 109 Å². The topological polar surface area (TPSA) is 37.3 Å². The van der Waals surface area contributed by atoms with Gasteiger partial charge >= 0.3 is 5.97 Å². The summed E-state index contributed by atoms with van der Waals surface area (Å²) >= 11 is 0. The van der Waals surface area contributed by atoms with Crippen LogP contribution >= 0.6 is 0 Å². The molecule has 3 fully saturated rings. The first-order chi connectivity index (χ1) is 8.38. The van der Waals surface area contributed by atoms with E-state index < -0.39 is 5.97 Å². The zero-order valence-corrected chi connectivity index (χ0v) is 11.5. The normalized spacial score (nSPS) is 45.0. The fraction of sp³-hybridized carbons (Fsp3) is 0.812. The van der Waals surface area contributed by atoms with E-state index in [9.17, 15) is 4.79 Å². The van der Waals surface area contributed by atoms with E-state index >= 15 is 0 Å². The number of carboxylic acid groups (broad SMARTS) is 1. The molecule has 0 amide bonds. The van der Waals surface area contributed by atoms with Crippen LogP contribution in [0.15, 0.2) is 12.2 Å². The molecule has 3 aliphatic carbocycles. The Morgan fingerprint density at radius 1 is 1.39 bits per heavy atom. The van der Waals surface area contributed by atoms with Crippen molar-refractivity contribution in [3.05, 3.63) is 12.2 Å². The number of aliphatic carboxylic acids is 1. The molecule has 0 heterocycles. The van der Waals surface area contributed by atoms with Gasteiger partial charge in [0.25, 0.3) is 0 Å². The van der Waals surface area contributed by atoms with Gasteiger partial charge in [0.05, 0.1) is 0 Å². The van der Waals surface area contributed by atoms with Crippen LogP contribution in [0, 0.1) is 28.6 Å². The Kier molecular flexibility index (Phi) is 2.46. The zero-order chi connectivity index (χ0) is 13.1. The molecule has 4 unspecified atom stereocenters. The van der Waals surface area contributed by atoms with E-state index in [2.05, 4.69) is 20.4 Å². The van der Waals surface area contributed by atoms with Gasteiger partial charge in [-0.3, -0.25) is 4.79 Å². The summed E-state index contributed by atoms with van der Waals surface area (Å²) in [4.78, 5) is 11.1. The number of hydrogen-bond donors (Lipinski definition) is 1. The van der Waals surface area contributed by atoms with Crippen LogP contribution < -0.4 is 0 Å². The van der Waals surface area contributed by atoms with E-state index in [1.54, 1.807) is 0 Å². The maximum absolute atomic E-state index is 11.1. The molecule has 0 saturated heterocycles. The van der Waals surface area contributed by atoms with Crippen LogP contribution in [0.3, 0.4) is 0 Å². The fourth-order valence-electron chi connectivity index (χ4n) is 5.38. The van der Waals surface area contributed by atoms with E-state index in [1.807, 2.05) is 0 Å². The van der Waals surface area contributed by atoms with Crippen LogP contribution in [0.1, 0.15) is 52.4 Å². The van der Waals surface area contributed by atoms with Crippen molar-refractivity contribution in [1.29, 1.82) is 0 Å². The number of carbonyl (C=O) groups is 1. The lowest BCUT2D eigenvalue weighted by molar-refractivity contribution is -0.139. The van der Waals surface area contributed by atoms with E-state index in [1.165, 1.54) is 31.3 Å². The molecular formula is C16H24O2. The molecule has 100 valence electrons. The number of fused-ring (bicyclic) bond motifs is 1. The lowest BCUT2D eigenvalue weighted by atomic mass is 9.56. The van der Waals surface area contributed by atoms with E-state index in [-0.39, 0.29) is 5.41 Å². The van der Waals surface area contributed by atoms with Gasteiger partial charge in [-0.05, 0) is 60.7 Å². The largest absolute Gasteiger partial charge is 0.481 e. The average molecular weight is 248 g/mol. The van der Waals surface area contributed by atoms with Gasteiger partial charge in [-0.15, -0.1) is 0 Å². The second-order valence-electron chi connectivity index (χ2n) is 7.34. The first kappa shape index (κ1) is 12.3. The van der Waals surface area contributed by atoms with Gasteiger partial charge in [-0.1, -0.05) is 26.0 Å². The SMILES string of the molecule is C=C1C2CCC(CC(=O)O)C23CCC(C3)C1(C)C. The van der Waals surface area contributed by atoms with Gasteiger partial charge in [0, 0.05) is 6.42 Å². The minimum absolute atomic E-state index is 0.267. The molecule has 18 heavy (non-hydrogen) atoms. The quantitative estimate of drug-likeness (QED) is 0.753. The van der Waals surface area contributed by atoms with Gasteiger partial charge in [-0.25, -0.2) is 0 Å². The zero-order valence-electron chi connectivity index (χ0n) is 11.5. The molecule has 0 aliphatic heterocycles. The van der Waals surface area contributed by atoms with Crippen LogP contribution in [-0.4, -0.2) is 11.1 Å². The van der Waals surface area contributed by atoms with Gasteiger partial charge in [0.2, 0.25) is 0 Å². The summed E-state index contributed by atoms with van der Waals surface area (Å²) in [6.07, 6.45) is 6.41. The average Bonchev–Trinajstić information content (AvgIpc) is 2.83. The van der Waals surface area contributed by atoms with E-state index in [0.717, 1.165) is 12.3 Å². The standard InChI is InChI=1S/C16H24O2/c1-10-13-5-4-11(8-14(17)18)16(13)7-6-12(9-16)15(10,2)3/h11-13H,1,4-9H2,2-3H3,(H,17,18). The second kappa shape index (κ2) is 3.61. The van der Waals surface area contributed by atoms with Crippen molar-refractivity contribution < 1.29 is 9.90 Å². The van der Waals surface area contributed by atoms with Gasteiger partial charge in [0.1, 0.15) is 0 Å². The first-order valence-corrected chi connectivity index (χ1v) is 7.29. The van der Waals surface area contributed by atoms with Crippen molar-refractivity contribution in [2.75, 3.05) is 0 Å². The van der Waals surface area contributed by atoms with Crippen molar-refractivity contribution in [3.8, 4) is 0 Å². The minimum Gasteiger partial charge on any atom is -0.481 e. The lowest BCUT2D eigenvalue weighted by Gasteiger charge is -2.49. The molecule has 0 radical (unpaired) electrons. The third-order valence-corrected chi connectivity index (χ3v) is 6.59. The second-order valence-corrected chi connectivity index (χ2v) is 7.34. The number of rotatable bonds is 2. The van der Waals surface area contributed by atoms with Crippen LogP contribution in [0.4, 0.5) is 0 Å². The van der Waals surface area contributed by atoms with Crippen LogP contribution in [0.2, 0.25) is 0 Å². The smallest absolute Gasteiger partial charge is 0.303 e. The van der Waals surface area contributed by atoms with Crippen molar-refractivity contribution in [2.24, 2.45) is 28.6 Å². The summed E-state index contributed by atoms with van der Waals surface area (Å²) in [5, 5.41) is 9.13. The molecule has 0 aromatic rings. The van der Waals surface area contributed by atoms with E-state index in [4.69, 9.17) is 5.11 Å². The van der Waals surface area contributed by atoms with Crippen molar-refractivity contribution >= 4 is 5.97 Å². The van der Waals surface area contributed by atoms with Crippen molar-refractivity contribution in [2.45, 2.75) is 52.4 Å². The third kappa shape index (κ3) is 1.38. The Morgan fingerprint density at radius 2 is 2.11 bits per heavy atom.